The summed E-state index contributed by atoms with van der Waals surface area (Å²) in [4.78, 5) is 11.9. The number of nitrogens with zero attached hydrogens (tertiary/aromatic N) is 1. The second-order valence-corrected chi connectivity index (χ2v) is 5.58. The van der Waals surface area contributed by atoms with Crippen molar-refractivity contribution in [1.29, 1.82) is 0 Å². The molecule has 0 aliphatic carbocycles. The van der Waals surface area contributed by atoms with Crippen LogP contribution < -0.4 is 11.1 Å². The van der Waals surface area contributed by atoms with Crippen LogP contribution in [0.5, 0.6) is 0 Å². The first-order chi connectivity index (χ1) is 8.76. The van der Waals surface area contributed by atoms with Crippen molar-refractivity contribution in [3.05, 3.63) is 33.8 Å². The number of hydrogen-bond donors (Lipinski definition) is 3. The lowest BCUT2D eigenvalue weighted by molar-refractivity contribution is 0.0944. The van der Waals surface area contributed by atoms with Crippen molar-refractivity contribution in [2.45, 2.75) is 13.8 Å². The summed E-state index contributed by atoms with van der Waals surface area (Å²) >= 11 is 11.6. The molecule has 4 N–H and O–H groups in total. The third-order valence-corrected chi connectivity index (χ3v) is 3.05. The minimum atomic E-state index is -0.660. The number of amides is 1. The van der Waals surface area contributed by atoms with Gasteiger partial charge in [-0.15, -0.1) is 0 Å². The van der Waals surface area contributed by atoms with E-state index >= 15 is 0 Å². The van der Waals surface area contributed by atoms with Gasteiger partial charge < -0.3 is 16.3 Å². The fraction of sp³-hybridized carbons (Fsp3) is 0.333. The van der Waals surface area contributed by atoms with E-state index in [1.165, 1.54) is 12.1 Å². The first-order valence-electron chi connectivity index (χ1n) is 5.48. The van der Waals surface area contributed by atoms with Crippen molar-refractivity contribution in [3.8, 4) is 0 Å². The summed E-state index contributed by atoms with van der Waals surface area (Å²) in [5.41, 5.74) is 5.22. The van der Waals surface area contributed by atoms with Crippen molar-refractivity contribution in [3.63, 3.8) is 0 Å². The molecule has 1 aromatic carbocycles. The topological polar surface area (TPSA) is 87.7 Å². The number of rotatable bonds is 4. The molecule has 0 unspecified atom stereocenters. The summed E-state index contributed by atoms with van der Waals surface area (Å²) in [6, 6.07) is 4.57. The minimum Gasteiger partial charge on any atom is -0.409 e. The van der Waals surface area contributed by atoms with Gasteiger partial charge in [0, 0.05) is 27.6 Å². The van der Waals surface area contributed by atoms with Gasteiger partial charge in [0.15, 0.2) is 0 Å². The number of oxime groups is 1. The Balaban J connectivity index is 2.76. The molecule has 1 rings (SSSR count). The van der Waals surface area contributed by atoms with E-state index in [1.54, 1.807) is 19.9 Å². The SMILES string of the molecule is CC(C)(CNC(=O)c1cc(Cl)cc(Cl)c1)/C(N)=N/O. The van der Waals surface area contributed by atoms with Crippen molar-refractivity contribution >= 4 is 34.9 Å². The Morgan fingerprint density at radius 1 is 1.37 bits per heavy atom. The molecule has 0 saturated carbocycles. The molecule has 0 spiro atoms. The van der Waals surface area contributed by atoms with E-state index in [0.29, 0.717) is 15.6 Å². The maximum atomic E-state index is 11.9. The molecule has 0 bridgehead atoms. The van der Waals surface area contributed by atoms with E-state index in [-0.39, 0.29) is 18.3 Å². The van der Waals surface area contributed by atoms with E-state index in [9.17, 15) is 4.79 Å². The molecule has 0 fully saturated rings. The molecule has 1 aromatic rings. The minimum absolute atomic E-state index is 0.0388. The standard InChI is InChI=1S/C12H15Cl2N3O2/c1-12(2,11(15)17-19)6-16-10(18)7-3-8(13)5-9(14)4-7/h3-5,19H,6H2,1-2H3,(H2,15,17)(H,16,18). The second-order valence-electron chi connectivity index (χ2n) is 4.71. The van der Waals surface area contributed by atoms with Crippen LogP contribution in [0, 0.1) is 5.41 Å². The highest BCUT2D eigenvalue weighted by atomic mass is 35.5. The Hall–Kier alpha value is -1.46. The number of carbonyl (C=O) groups excluding carboxylic acids is 1. The molecule has 0 atom stereocenters. The van der Waals surface area contributed by atoms with Crippen LogP contribution in [0.15, 0.2) is 23.4 Å². The zero-order chi connectivity index (χ0) is 14.6. The highest BCUT2D eigenvalue weighted by Gasteiger charge is 2.24. The monoisotopic (exact) mass is 303 g/mol. The maximum absolute atomic E-state index is 11.9. The number of hydrogen-bond acceptors (Lipinski definition) is 3. The Morgan fingerprint density at radius 3 is 2.37 bits per heavy atom. The zero-order valence-electron chi connectivity index (χ0n) is 10.6. The van der Waals surface area contributed by atoms with Gasteiger partial charge >= 0.3 is 0 Å². The fourth-order valence-corrected chi connectivity index (χ4v) is 1.84. The van der Waals surface area contributed by atoms with Crippen LogP contribution in [-0.2, 0) is 0 Å². The molecular formula is C12H15Cl2N3O2. The average molecular weight is 304 g/mol. The van der Waals surface area contributed by atoms with Gasteiger partial charge in [0.2, 0.25) is 0 Å². The summed E-state index contributed by atoms with van der Waals surface area (Å²) in [6.45, 7) is 3.70. The molecular weight excluding hydrogens is 289 g/mol. The molecule has 0 aliphatic rings. The van der Waals surface area contributed by atoms with E-state index in [0.717, 1.165) is 0 Å². The van der Waals surface area contributed by atoms with Gasteiger partial charge in [-0.2, -0.15) is 0 Å². The summed E-state index contributed by atoms with van der Waals surface area (Å²) < 4.78 is 0. The van der Waals surface area contributed by atoms with Gasteiger partial charge in [0.05, 0.1) is 0 Å². The molecule has 7 heteroatoms. The lowest BCUT2D eigenvalue weighted by Crippen LogP contribution is -2.42. The zero-order valence-corrected chi connectivity index (χ0v) is 12.1. The quantitative estimate of drug-likeness (QED) is 0.345. The Labute approximate surface area is 121 Å². The third-order valence-electron chi connectivity index (χ3n) is 2.62. The molecule has 5 nitrogen and oxygen atoms in total. The van der Waals surface area contributed by atoms with Crippen LogP contribution in [0.25, 0.3) is 0 Å². The largest absolute Gasteiger partial charge is 0.409 e. The van der Waals surface area contributed by atoms with Crippen molar-refractivity contribution in [1.82, 2.24) is 5.32 Å². The number of amidine groups is 1. The molecule has 0 heterocycles. The Kier molecular flexibility index (Phi) is 5.03. The molecule has 1 amide bonds. The molecule has 0 aliphatic heterocycles. The van der Waals surface area contributed by atoms with Crippen LogP contribution in [-0.4, -0.2) is 23.5 Å². The van der Waals surface area contributed by atoms with Gasteiger partial charge in [-0.3, -0.25) is 4.79 Å². The Bertz CT molecular complexity index is 495. The summed E-state index contributed by atoms with van der Waals surface area (Å²) in [6.07, 6.45) is 0. The fourth-order valence-electron chi connectivity index (χ4n) is 1.31. The average Bonchev–Trinajstić information content (AvgIpc) is 2.33. The number of benzene rings is 1. The van der Waals surface area contributed by atoms with Gasteiger partial charge in [-0.05, 0) is 18.2 Å². The number of halogens is 2. The number of carbonyl (C=O) groups is 1. The van der Waals surface area contributed by atoms with Crippen LogP contribution in [0.3, 0.4) is 0 Å². The second kappa shape index (κ2) is 6.12. The molecule has 0 aromatic heterocycles. The normalized spacial score (nSPS) is 12.3. The predicted octanol–water partition coefficient (Wildman–Crippen LogP) is 2.50. The van der Waals surface area contributed by atoms with Gasteiger partial charge in [0.1, 0.15) is 5.84 Å². The smallest absolute Gasteiger partial charge is 0.251 e. The summed E-state index contributed by atoms with van der Waals surface area (Å²) in [5.74, 6) is -0.292. The summed E-state index contributed by atoms with van der Waals surface area (Å²) in [5, 5.41) is 15.0. The summed E-state index contributed by atoms with van der Waals surface area (Å²) in [7, 11) is 0. The van der Waals surface area contributed by atoms with E-state index in [4.69, 9.17) is 34.1 Å². The molecule has 0 saturated heterocycles. The van der Waals surface area contributed by atoms with Crippen molar-refractivity contribution in [2.75, 3.05) is 6.54 Å². The van der Waals surface area contributed by atoms with Gasteiger partial charge in [-0.25, -0.2) is 0 Å². The van der Waals surface area contributed by atoms with Crippen LogP contribution in [0.1, 0.15) is 24.2 Å². The molecule has 104 valence electrons. The van der Waals surface area contributed by atoms with Crippen LogP contribution in [0.4, 0.5) is 0 Å². The van der Waals surface area contributed by atoms with E-state index in [2.05, 4.69) is 10.5 Å². The van der Waals surface area contributed by atoms with Crippen LogP contribution >= 0.6 is 23.2 Å². The van der Waals surface area contributed by atoms with E-state index in [1.807, 2.05) is 0 Å². The predicted molar refractivity (Wildman–Crippen MR) is 76.0 cm³/mol. The van der Waals surface area contributed by atoms with Gasteiger partial charge in [-0.1, -0.05) is 42.2 Å². The lowest BCUT2D eigenvalue weighted by Gasteiger charge is -2.23. The lowest BCUT2D eigenvalue weighted by atomic mass is 9.92. The highest BCUT2D eigenvalue weighted by Crippen LogP contribution is 2.19. The van der Waals surface area contributed by atoms with Crippen molar-refractivity contribution in [2.24, 2.45) is 16.3 Å². The molecule has 0 radical (unpaired) electrons. The van der Waals surface area contributed by atoms with Gasteiger partial charge in [0.25, 0.3) is 5.91 Å². The first kappa shape index (κ1) is 15.6. The first-order valence-corrected chi connectivity index (χ1v) is 6.24. The van der Waals surface area contributed by atoms with Crippen molar-refractivity contribution < 1.29 is 10.0 Å². The Morgan fingerprint density at radius 2 is 1.89 bits per heavy atom. The van der Waals surface area contributed by atoms with E-state index < -0.39 is 5.41 Å². The molecule has 19 heavy (non-hydrogen) atoms. The number of nitrogens with two attached hydrogens (primary N) is 1. The maximum Gasteiger partial charge on any atom is 0.251 e. The highest BCUT2D eigenvalue weighted by molar-refractivity contribution is 6.35. The third kappa shape index (κ3) is 4.29. The van der Waals surface area contributed by atoms with Crippen LogP contribution in [0.2, 0.25) is 10.0 Å². The number of nitrogens with one attached hydrogen (secondary N) is 1.